The van der Waals surface area contributed by atoms with Gasteiger partial charge in [-0.1, -0.05) is 41.7 Å². The number of furan rings is 1. The Hall–Kier alpha value is -3.45. The van der Waals surface area contributed by atoms with Gasteiger partial charge in [0.1, 0.15) is 11.5 Å². The Morgan fingerprint density at radius 2 is 1.92 bits per heavy atom. The van der Waals surface area contributed by atoms with Crippen LogP contribution in [0.2, 0.25) is 0 Å². The van der Waals surface area contributed by atoms with Crippen LogP contribution in [0.1, 0.15) is 16.1 Å². The number of hydrogen-bond donors (Lipinski definition) is 2. The number of benzene rings is 2. The van der Waals surface area contributed by atoms with Gasteiger partial charge in [-0.3, -0.25) is 5.43 Å². The van der Waals surface area contributed by atoms with Crippen LogP contribution in [-0.4, -0.2) is 22.3 Å². The van der Waals surface area contributed by atoms with Crippen LogP contribution in [0, 0.1) is 0 Å². The summed E-state index contributed by atoms with van der Waals surface area (Å²) in [4.78, 5) is 15.7. The summed E-state index contributed by atoms with van der Waals surface area (Å²) in [6.07, 6.45) is 1.53. The van der Waals surface area contributed by atoms with E-state index in [1.165, 1.54) is 17.6 Å². The maximum atomic E-state index is 11.3. The van der Waals surface area contributed by atoms with Gasteiger partial charge in [0.15, 0.2) is 0 Å². The second-order valence-corrected chi connectivity index (χ2v) is 6.44. The fourth-order valence-corrected chi connectivity index (χ4v) is 3.34. The second kappa shape index (κ2) is 6.81. The van der Waals surface area contributed by atoms with Crippen molar-refractivity contribution in [2.45, 2.75) is 0 Å². The lowest BCUT2D eigenvalue weighted by atomic mass is 10.1. The second-order valence-electron chi connectivity index (χ2n) is 5.41. The number of anilines is 1. The molecule has 4 aromatic rings. The van der Waals surface area contributed by atoms with Crippen LogP contribution < -0.4 is 5.43 Å². The van der Waals surface area contributed by atoms with Crippen molar-refractivity contribution in [2.24, 2.45) is 5.10 Å². The fraction of sp³-hybridized carbons (Fsp3) is 0. The predicted molar refractivity (Wildman–Crippen MR) is 102 cm³/mol. The topological polar surface area (TPSA) is 87.7 Å². The molecule has 2 aromatic heterocycles. The maximum Gasteiger partial charge on any atom is 0.336 e. The molecule has 0 saturated heterocycles. The molecule has 26 heavy (non-hydrogen) atoms. The third-order valence-electron chi connectivity index (χ3n) is 3.70. The number of rotatable bonds is 5. The highest BCUT2D eigenvalue weighted by Crippen LogP contribution is 2.26. The zero-order chi connectivity index (χ0) is 17.9. The summed E-state index contributed by atoms with van der Waals surface area (Å²) in [5, 5.41) is 14.1. The molecule has 0 saturated carbocycles. The average molecular weight is 363 g/mol. The van der Waals surface area contributed by atoms with Gasteiger partial charge in [0, 0.05) is 5.56 Å². The summed E-state index contributed by atoms with van der Waals surface area (Å²) in [7, 11) is 0. The number of aromatic carboxylic acids is 1. The summed E-state index contributed by atoms with van der Waals surface area (Å²) < 4.78 is 6.77. The molecule has 2 N–H and O–H groups in total. The molecule has 0 aliphatic rings. The minimum Gasteiger partial charge on any atom is -0.478 e. The van der Waals surface area contributed by atoms with Crippen LogP contribution >= 0.6 is 11.3 Å². The molecular weight excluding hydrogens is 350 g/mol. The fourth-order valence-electron chi connectivity index (χ4n) is 2.52. The van der Waals surface area contributed by atoms with Gasteiger partial charge in [-0.15, -0.1) is 0 Å². The number of hydrogen-bond acceptors (Lipinski definition) is 6. The summed E-state index contributed by atoms with van der Waals surface area (Å²) in [6, 6.07) is 18.0. The number of nitrogens with one attached hydrogen (secondary N) is 1. The van der Waals surface area contributed by atoms with Crippen molar-refractivity contribution in [3.8, 4) is 11.3 Å². The molecule has 2 aromatic carbocycles. The number of thiazole rings is 1. The number of nitrogens with zero attached hydrogens (tertiary/aromatic N) is 2. The normalized spacial score (nSPS) is 11.2. The minimum absolute atomic E-state index is 0.193. The third-order valence-corrected chi connectivity index (χ3v) is 4.64. The molecule has 0 radical (unpaired) electrons. The van der Waals surface area contributed by atoms with E-state index in [9.17, 15) is 9.90 Å². The number of fused-ring (bicyclic) bond motifs is 1. The molecule has 128 valence electrons. The SMILES string of the molecule is O=C(O)c1ccccc1-c1ccc(/C=N\Nc2nc3ccccc3s2)o1. The van der Waals surface area contributed by atoms with Crippen molar-refractivity contribution in [1.82, 2.24) is 4.98 Å². The van der Waals surface area contributed by atoms with Crippen molar-refractivity contribution in [1.29, 1.82) is 0 Å². The van der Waals surface area contributed by atoms with E-state index < -0.39 is 5.97 Å². The van der Waals surface area contributed by atoms with E-state index in [0.717, 1.165) is 10.2 Å². The Kier molecular flexibility index (Phi) is 4.20. The van der Waals surface area contributed by atoms with Crippen LogP contribution in [0.3, 0.4) is 0 Å². The van der Waals surface area contributed by atoms with E-state index in [2.05, 4.69) is 15.5 Å². The van der Waals surface area contributed by atoms with Gasteiger partial charge in [-0.2, -0.15) is 5.10 Å². The smallest absolute Gasteiger partial charge is 0.336 e. The molecule has 0 unspecified atom stereocenters. The van der Waals surface area contributed by atoms with Crippen LogP contribution in [-0.2, 0) is 0 Å². The number of aromatic nitrogens is 1. The van der Waals surface area contributed by atoms with E-state index >= 15 is 0 Å². The first-order chi connectivity index (χ1) is 12.7. The van der Waals surface area contributed by atoms with Gasteiger partial charge in [-0.25, -0.2) is 9.78 Å². The average Bonchev–Trinajstić information content (AvgIpc) is 3.28. The lowest BCUT2D eigenvalue weighted by Gasteiger charge is -2.01. The highest BCUT2D eigenvalue weighted by atomic mass is 32.1. The monoisotopic (exact) mass is 363 g/mol. The van der Waals surface area contributed by atoms with Crippen molar-refractivity contribution in [3.05, 3.63) is 72.0 Å². The molecule has 0 amide bonds. The van der Waals surface area contributed by atoms with Gasteiger partial charge in [-0.05, 0) is 30.3 Å². The van der Waals surface area contributed by atoms with Gasteiger partial charge in [0.25, 0.3) is 0 Å². The maximum absolute atomic E-state index is 11.3. The quantitative estimate of drug-likeness (QED) is 0.396. The highest BCUT2D eigenvalue weighted by molar-refractivity contribution is 7.22. The van der Waals surface area contributed by atoms with Crippen molar-refractivity contribution < 1.29 is 14.3 Å². The van der Waals surface area contributed by atoms with Crippen LogP contribution in [0.4, 0.5) is 5.13 Å². The van der Waals surface area contributed by atoms with Crippen LogP contribution in [0.15, 0.2) is 70.2 Å². The number of carboxylic acids is 1. The van der Waals surface area contributed by atoms with E-state index in [4.69, 9.17) is 4.42 Å². The summed E-state index contributed by atoms with van der Waals surface area (Å²) in [6.45, 7) is 0. The Bertz CT molecular complexity index is 1080. The summed E-state index contributed by atoms with van der Waals surface area (Å²) >= 11 is 1.51. The molecule has 0 atom stereocenters. The number of para-hydroxylation sites is 1. The largest absolute Gasteiger partial charge is 0.478 e. The number of carbonyl (C=O) groups is 1. The molecule has 0 spiro atoms. The first-order valence-electron chi connectivity index (χ1n) is 7.78. The Balaban J connectivity index is 1.51. The zero-order valence-electron chi connectivity index (χ0n) is 13.4. The molecule has 0 fully saturated rings. The molecule has 0 aliphatic carbocycles. The van der Waals surface area contributed by atoms with Gasteiger partial charge < -0.3 is 9.52 Å². The van der Waals surface area contributed by atoms with Gasteiger partial charge >= 0.3 is 5.97 Å². The Morgan fingerprint density at radius 1 is 1.12 bits per heavy atom. The molecule has 4 rings (SSSR count). The van der Waals surface area contributed by atoms with Crippen molar-refractivity contribution in [3.63, 3.8) is 0 Å². The Morgan fingerprint density at radius 3 is 2.77 bits per heavy atom. The lowest BCUT2D eigenvalue weighted by Crippen LogP contribution is -1.98. The van der Waals surface area contributed by atoms with E-state index in [-0.39, 0.29) is 5.56 Å². The number of carboxylic acid groups (broad SMARTS) is 1. The minimum atomic E-state index is -0.996. The zero-order valence-corrected chi connectivity index (χ0v) is 14.2. The van der Waals surface area contributed by atoms with Gasteiger partial charge in [0.2, 0.25) is 5.13 Å². The first-order valence-corrected chi connectivity index (χ1v) is 8.59. The van der Waals surface area contributed by atoms with Crippen LogP contribution in [0.5, 0.6) is 0 Å². The van der Waals surface area contributed by atoms with E-state index in [0.29, 0.717) is 22.2 Å². The van der Waals surface area contributed by atoms with E-state index in [1.807, 2.05) is 24.3 Å². The molecular formula is C19H13N3O3S. The first kappa shape index (κ1) is 16.0. The lowest BCUT2D eigenvalue weighted by molar-refractivity contribution is 0.0697. The standard InChI is InChI=1S/C19H13N3O3S/c23-18(24)14-6-2-1-5-13(14)16-10-9-12(25-16)11-20-22-19-21-15-7-3-4-8-17(15)26-19/h1-11H,(H,21,22)(H,23,24)/b20-11-. The molecule has 0 aliphatic heterocycles. The van der Waals surface area contributed by atoms with Crippen molar-refractivity contribution in [2.75, 3.05) is 5.43 Å². The molecule has 7 heteroatoms. The van der Waals surface area contributed by atoms with Gasteiger partial charge in [0.05, 0.1) is 22.0 Å². The van der Waals surface area contributed by atoms with Crippen molar-refractivity contribution >= 4 is 38.9 Å². The highest BCUT2D eigenvalue weighted by Gasteiger charge is 2.13. The predicted octanol–water partition coefficient (Wildman–Crippen LogP) is 4.70. The molecule has 6 nitrogen and oxygen atoms in total. The number of hydrazone groups is 1. The van der Waals surface area contributed by atoms with E-state index in [1.54, 1.807) is 36.4 Å². The summed E-state index contributed by atoms with van der Waals surface area (Å²) in [5.74, 6) is -0.0111. The van der Waals surface area contributed by atoms with Crippen LogP contribution in [0.25, 0.3) is 21.5 Å². The summed E-state index contributed by atoms with van der Waals surface area (Å²) in [5.41, 5.74) is 4.52. The third kappa shape index (κ3) is 3.20. The Labute approximate surface area is 152 Å². The molecule has 2 heterocycles. The molecule has 0 bridgehead atoms.